The molecule has 1 saturated heterocycles. The Kier molecular flexibility index (Phi) is 5.01. The average molecular weight is 385 g/mol. The first-order valence-electron chi connectivity index (χ1n) is 8.90. The highest BCUT2D eigenvalue weighted by atomic mass is 19.1. The molecule has 0 saturated carbocycles. The van der Waals surface area contributed by atoms with Crippen molar-refractivity contribution in [3.8, 4) is 11.8 Å². The van der Waals surface area contributed by atoms with E-state index in [1.54, 1.807) is 17.0 Å². The van der Waals surface area contributed by atoms with Crippen LogP contribution in [0.4, 0.5) is 8.78 Å². The molecule has 1 atom stereocenters. The fourth-order valence-electron chi connectivity index (χ4n) is 3.23. The molecular formula is C20H17F2N3O3. The number of piperidine rings is 1. The zero-order valence-electron chi connectivity index (χ0n) is 14.8. The standard InChI is InChI=1S/C20H17F2N3O3/c21-15-6-1-4-13(10-15)19(26)25-9-3-5-14(12-25)18-23-20(24-28-18)27-17-8-2-7-16(22)11-17/h1-2,4,6-8,10-11,14H,3,5,9,12H2. The minimum absolute atomic E-state index is 0.0193. The highest BCUT2D eigenvalue weighted by Gasteiger charge is 2.29. The number of amides is 1. The number of benzene rings is 2. The van der Waals surface area contributed by atoms with E-state index in [-0.39, 0.29) is 23.6 Å². The van der Waals surface area contributed by atoms with Gasteiger partial charge in [-0.25, -0.2) is 8.78 Å². The average Bonchev–Trinajstić information content (AvgIpc) is 3.16. The monoisotopic (exact) mass is 385 g/mol. The van der Waals surface area contributed by atoms with Gasteiger partial charge in [0, 0.05) is 24.7 Å². The van der Waals surface area contributed by atoms with E-state index in [1.165, 1.54) is 36.4 Å². The van der Waals surface area contributed by atoms with Crippen LogP contribution in [0.25, 0.3) is 0 Å². The summed E-state index contributed by atoms with van der Waals surface area (Å²) in [5.41, 5.74) is 0.307. The molecule has 2 aromatic carbocycles. The van der Waals surface area contributed by atoms with Gasteiger partial charge in [0.25, 0.3) is 5.91 Å². The fraction of sp³-hybridized carbons (Fsp3) is 0.250. The number of likely N-dealkylation sites (tertiary alicyclic amines) is 1. The summed E-state index contributed by atoms with van der Waals surface area (Å²) >= 11 is 0. The number of aromatic nitrogens is 2. The molecule has 1 aliphatic rings. The number of rotatable bonds is 4. The molecule has 0 N–H and O–H groups in total. The van der Waals surface area contributed by atoms with E-state index in [1.807, 2.05) is 0 Å². The molecule has 8 heteroatoms. The maximum atomic E-state index is 13.4. The minimum Gasteiger partial charge on any atom is -0.422 e. The van der Waals surface area contributed by atoms with Crippen molar-refractivity contribution in [1.82, 2.24) is 15.0 Å². The molecule has 0 spiro atoms. The SMILES string of the molecule is O=C(c1cccc(F)c1)N1CCCC(c2nc(Oc3cccc(F)c3)no2)C1. The van der Waals surface area contributed by atoms with Gasteiger partial charge in [0.1, 0.15) is 17.4 Å². The second-order valence-electron chi connectivity index (χ2n) is 6.58. The van der Waals surface area contributed by atoms with Gasteiger partial charge in [-0.2, -0.15) is 4.98 Å². The summed E-state index contributed by atoms with van der Waals surface area (Å²) in [6, 6.07) is 11.2. The van der Waals surface area contributed by atoms with Crippen molar-refractivity contribution < 1.29 is 22.8 Å². The number of ether oxygens (including phenoxy) is 1. The maximum Gasteiger partial charge on any atom is 0.359 e. The van der Waals surface area contributed by atoms with Crippen LogP contribution in [0.1, 0.15) is 35.0 Å². The molecule has 1 fully saturated rings. The lowest BCUT2D eigenvalue weighted by Crippen LogP contribution is -2.39. The van der Waals surface area contributed by atoms with E-state index < -0.39 is 11.6 Å². The van der Waals surface area contributed by atoms with Crippen molar-refractivity contribution in [3.05, 3.63) is 71.6 Å². The topological polar surface area (TPSA) is 68.5 Å². The molecule has 144 valence electrons. The molecule has 6 nitrogen and oxygen atoms in total. The highest BCUT2D eigenvalue weighted by molar-refractivity contribution is 5.94. The lowest BCUT2D eigenvalue weighted by atomic mass is 9.97. The Hall–Kier alpha value is -3.29. The van der Waals surface area contributed by atoms with E-state index in [0.717, 1.165) is 12.8 Å². The quantitative estimate of drug-likeness (QED) is 0.675. The van der Waals surface area contributed by atoms with Crippen LogP contribution < -0.4 is 4.74 Å². The molecule has 1 aromatic heterocycles. The largest absolute Gasteiger partial charge is 0.422 e. The van der Waals surface area contributed by atoms with E-state index in [2.05, 4.69) is 10.1 Å². The van der Waals surface area contributed by atoms with E-state index in [9.17, 15) is 13.6 Å². The van der Waals surface area contributed by atoms with Crippen molar-refractivity contribution in [2.24, 2.45) is 0 Å². The number of hydrogen-bond donors (Lipinski definition) is 0. The number of carbonyl (C=O) groups excluding carboxylic acids is 1. The molecular weight excluding hydrogens is 368 g/mol. The second kappa shape index (κ2) is 7.75. The Morgan fingerprint density at radius 2 is 1.93 bits per heavy atom. The number of carbonyl (C=O) groups is 1. The van der Waals surface area contributed by atoms with Crippen LogP contribution in [-0.4, -0.2) is 34.0 Å². The fourth-order valence-corrected chi connectivity index (χ4v) is 3.23. The van der Waals surface area contributed by atoms with Gasteiger partial charge in [0.2, 0.25) is 5.89 Å². The minimum atomic E-state index is -0.449. The van der Waals surface area contributed by atoms with Gasteiger partial charge >= 0.3 is 6.01 Å². The van der Waals surface area contributed by atoms with Gasteiger partial charge in [-0.3, -0.25) is 4.79 Å². The van der Waals surface area contributed by atoms with Gasteiger partial charge in [0.15, 0.2) is 0 Å². The number of nitrogens with zero attached hydrogens (tertiary/aromatic N) is 3. The lowest BCUT2D eigenvalue weighted by molar-refractivity contribution is 0.0695. The Labute approximate surface area is 159 Å². The lowest BCUT2D eigenvalue weighted by Gasteiger charge is -2.31. The van der Waals surface area contributed by atoms with Crippen molar-refractivity contribution in [3.63, 3.8) is 0 Å². The smallest absolute Gasteiger partial charge is 0.359 e. The Balaban J connectivity index is 1.45. The molecule has 28 heavy (non-hydrogen) atoms. The van der Waals surface area contributed by atoms with Gasteiger partial charge in [-0.15, -0.1) is 0 Å². The third-order valence-corrected chi connectivity index (χ3v) is 4.56. The summed E-state index contributed by atoms with van der Waals surface area (Å²) in [7, 11) is 0. The van der Waals surface area contributed by atoms with E-state index >= 15 is 0 Å². The van der Waals surface area contributed by atoms with Crippen molar-refractivity contribution in [2.45, 2.75) is 18.8 Å². The number of hydrogen-bond acceptors (Lipinski definition) is 5. The number of halogens is 2. The molecule has 1 amide bonds. The van der Waals surface area contributed by atoms with E-state index in [0.29, 0.717) is 24.5 Å². The maximum absolute atomic E-state index is 13.4. The molecule has 0 bridgehead atoms. The summed E-state index contributed by atoms with van der Waals surface area (Å²) in [5.74, 6) is -0.652. The Morgan fingerprint density at radius 1 is 1.14 bits per heavy atom. The normalized spacial score (nSPS) is 16.8. The van der Waals surface area contributed by atoms with Gasteiger partial charge in [-0.1, -0.05) is 12.1 Å². The van der Waals surface area contributed by atoms with Crippen molar-refractivity contribution >= 4 is 5.91 Å². The van der Waals surface area contributed by atoms with Gasteiger partial charge < -0.3 is 14.2 Å². The van der Waals surface area contributed by atoms with Crippen LogP contribution in [0.3, 0.4) is 0 Å². The van der Waals surface area contributed by atoms with Gasteiger partial charge in [-0.05, 0) is 48.3 Å². The molecule has 0 aliphatic carbocycles. The first-order valence-corrected chi connectivity index (χ1v) is 8.90. The summed E-state index contributed by atoms with van der Waals surface area (Å²) in [6.07, 6.45) is 1.53. The molecule has 3 aromatic rings. The molecule has 1 aliphatic heterocycles. The highest BCUT2D eigenvalue weighted by Crippen LogP contribution is 2.29. The van der Waals surface area contributed by atoms with Crippen molar-refractivity contribution in [2.75, 3.05) is 13.1 Å². The predicted molar refractivity (Wildman–Crippen MR) is 95.1 cm³/mol. The van der Waals surface area contributed by atoms with Crippen LogP contribution in [0.15, 0.2) is 53.1 Å². The van der Waals surface area contributed by atoms with Crippen LogP contribution in [0, 0.1) is 11.6 Å². The van der Waals surface area contributed by atoms with Crippen LogP contribution in [0.2, 0.25) is 0 Å². The first-order chi connectivity index (χ1) is 13.6. The zero-order chi connectivity index (χ0) is 19.5. The van der Waals surface area contributed by atoms with Gasteiger partial charge in [0.05, 0.1) is 5.92 Å². The molecule has 1 unspecified atom stereocenters. The summed E-state index contributed by atoms with van der Waals surface area (Å²) in [4.78, 5) is 18.5. The van der Waals surface area contributed by atoms with E-state index in [4.69, 9.17) is 9.26 Å². The van der Waals surface area contributed by atoms with Crippen LogP contribution >= 0.6 is 0 Å². The summed E-state index contributed by atoms with van der Waals surface area (Å²) in [5, 5.41) is 3.77. The molecule has 0 radical (unpaired) electrons. The summed E-state index contributed by atoms with van der Waals surface area (Å²) < 4.78 is 37.3. The van der Waals surface area contributed by atoms with Crippen LogP contribution in [-0.2, 0) is 0 Å². The Morgan fingerprint density at radius 3 is 2.71 bits per heavy atom. The van der Waals surface area contributed by atoms with Crippen molar-refractivity contribution in [1.29, 1.82) is 0 Å². The third kappa shape index (κ3) is 4.00. The second-order valence-corrected chi connectivity index (χ2v) is 6.58. The third-order valence-electron chi connectivity index (χ3n) is 4.56. The predicted octanol–water partition coefficient (Wildman–Crippen LogP) is 4.16. The molecule has 2 heterocycles. The summed E-state index contributed by atoms with van der Waals surface area (Å²) in [6.45, 7) is 0.962. The zero-order valence-corrected chi connectivity index (χ0v) is 14.8. The van der Waals surface area contributed by atoms with Crippen LogP contribution in [0.5, 0.6) is 11.8 Å². The molecule has 4 rings (SSSR count). The first kappa shape index (κ1) is 18.1. The Bertz CT molecular complexity index is 992.